The molecule has 180 valence electrons. The van der Waals surface area contributed by atoms with Gasteiger partial charge < -0.3 is 19.5 Å². The second-order valence-corrected chi connectivity index (χ2v) is 7.36. The summed E-state index contributed by atoms with van der Waals surface area (Å²) >= 11 is 0. The summed E-state index contributed by atoms with van der Waals surface area (Å²) in [6.45, 7) is 0. The number of pyridine rings is 1. The number of nitrogens with one attached hydrogen (secondary N) is 1. The first kappa shape index (κ1) is 23.7. The van der Waals surface area contributed by atoms with E-state index in [2.05, 4.69) is 10.3 Å². The maximum atomic E-state index is 14.8. The molecule has 10 heteroatoms. The minimum absolute atomic E-state index is 0.0957. The van der Waals surface area contributed by atoms with Crippen molar-refractivity contribution in [3.05, 3.63) is 78.2 Å². The van der Waals surface area contributed by atoms with Crippen molar-refractivity contribution < 1.29 is 32.2 Å². The number of nitrogens with zero attached hydrogens (tertiary/aromatic N) is 2. The van der Waals surface area contributed by atoms with Crippen molar-refractivity contribution in [3.8, 4) is 23.0 Å². The molecule has 0 fully saturated rings. The molecule has 0 aliphatic rings. The molecular weight excluding hydrogens is 463 g/mol. The molecule has 7 nitrogen and oxygen atoms in total. The zero-order valence-electron chi connectivity index (χ0n) is 18.9. The van der Waals surface area contributed by atoms with Crippen LogP contribution in [0.4, 0.5) is 29.3 Å². The lowest BCUT2D eigenvalue weighted by Gasteiger charge is -2.19. The Morgan fingerprint density at radius 1 is 0.857 bits per heavy atom. The lowest BCUT2D eigenvalue weighted by atomic mass is 10.2. The number of methoxy groups -OCH3 is 2. The summed E-state index contributed by atoms with van der Waals surface area (Å²) in [6.07, 6.45) is 1.54. The number of hydrogen-bond acceptors (Lipinski definition) is 5. The number of rotatable bonds is 6. The molecule has 0 atom stereocenters. The van der Waals surface area contributed by atoms with Crippen molar-refractivity contribution in [1.82, 2.24) is 4.98 Å². The number of carbonyl (C=O) groups excluding carboxylic acids is 1. The number of fused-ring (bicyclic) bond motifs is 1. The number of carbonyl (C=O) groups is 1. The molecule has 0 aliphatic heterocycles. The monoisotopic (exact) mass is 483 g/mol. The lowest BCUT2D eigenvalue weighted by Crippen LogP contribution is -2.31. The van der Waals surface area contributed by atoms with E-state index in [9.17, 15) is 18.0 Å². The minimum Gasteiger partial charge on any atom is -0.493 e. The van der Waals surface area contributed by atoms with Crippen molar-refractivity contribution in [1.29, 1.82) is 0 Å². The highest BCUT2D eigenvalue weighted by Gasteiger charge is 2.16. The normalized spacial score (nSPS) is 10.7. The Morgan fingerprint density at radius 3 is 2.29 bits per heavy atom. The molecule has 0 spiro atoms. The van der Waals surface area contributed by atoms with Crippen molar-refractivity contribution in [2.75, 3.05) is 31.5 Å². The summed E-state index contributed by atoms with van der Waals surface area (Å²) in [5.74, 6) is -1.33. The third-order valence-electron chi connectivity index (χ3n) is 5.21. The summed E-state index contributed by atoms with van der Waals surface area (Å²) in [6, 6.07) is 11.2. The Bertz CT molecular complexity index is 1410. The molecule has 4 rings (SSSR count). The smallest absolute Gasteiger partial charge is 0.326 e. The molecule has 3 aromatic carbocycles. The predicted octanol–water partition coefficient (Wildman–Crippen LogP) is 6.13. The number of hydrogen-bond donors (Lipinski definition) is 1. The molecule has 0 bridgehead atoms. The predicted molar refractivity (Wildman–Crippen MR) is 125 cm³/mol. The van der Waals surface area contributed by atoms with Crippen LogP contribution in [-0.2, 0) is 0 Å². The van der Waals surface area contributed by atoms with Crippen LogP contribution in [0.15, 0.2) is 60.8 Å². The van der Waals surface area contributed by atoms with Gasteiger partial charge >= 0.3 is 6.03 Å². The van der Waals surface area contributed by atoms with E-state index in [-0.39, 0.29) is 17.1 Å². The van der Waals surface area contributed by atoms with Crippen LogP contribution in [-0.4, -0.2) is 32.3 Å². The average molecular weight is 483 g/mol. The van der Waals surface area contributed by atoms with E-state index in [4.69, 9.17) is 14.2 Å². The third-order valence-corrected chi connectivity index (χ3v) is 5.21. The highest BCUT2D eigenvalue weighted by Crippen LogP contribution is 2.37. The summed E-state index contributed by atoms with van der Waals surface area (Å²) in [5, 5.41) is 3.01. The van der Waals surface area contributed by atoms with Gasteiger partial charge in [-0.05, 0) is 36.4 Å². The molecule has 0 radical (unpaired) electrons. The number of aromatic nitrogens is 1. The van der Waals surface area contributed by atoms with Gasteiger partial charge in [-0.25, -0.2) is 18.0 Å². The Kier molecular flexibility index (Phi) is 6.63. The molecule has 4 aromatic rings. The number of benzene rings is 3. The fourth-order valence-corrected chi connectivity index (χ4v) is 3.33. The van der Waals surface area contributed by atoms with Gasteiger partial charge in [-0.1, -0.05) is 0 Å². The zero-order chi connectivity index (χ0) is 25.1. The van der Waals surface area contributed by atoms with E-state index in [1.807, 2.05) is 0 Å². The molecular formula is C25H20F3N3O4. The van der Waals surface area contributed by atoms with Crippen LogP contribution in [0.3, 0.4) is 0 Å². The van der Waals surface area contributed by atoms with Crippen LogP contribution in [0.25, 0.3) is 10.9 Å². The van der Waals surface area contributed by atoms with Gasteiger partial charge in [0.05, 0.1) is 25.4 Å². The van der Waals surface area contributed by atoms with Gasteiger partial charge in [-0.15, -0.1) is 0 Å². The van der Waals surface area contributed by atoms with Crippen molar-refractivity contribution >= 4 is 28.3 Å². The highest BCUT2D eigenvalue weighted by atomic mass is 19.2. The molecule has 0 saturated heterocycles. The topological polar surface area (TPSA) is 72.9 Å². The molecule has 1 heterocycles. The summed E-state index contributed by atoms with van der Waals surface area (Å²) in [5.41, 5.74) is 0.561. The van der Waals surface area contributed by atoms with Gasteiger partial charge in [-0.3, -0.25) is 9.88 Å². The van der Waals surface area contributed by atoms with Gasteiger partial charge in [-0.2, -0.15) is 0 Å². The number of amides is 2. The minimum atomic E-state index is -1.10. The first-order chi connectivity index (χ1) is 16.8. The first-order valence-electron chi connectivity index (χ1n) is 10.3. The van der Waals surface area contributed by atoms with Crippen molar-refractivity contribution in [2.24, 2.45) is 0 Å². The van der Waals surface area contributed by atoms with Crippen molar-refractivity contribution in [3.63, 3.8) is 0 Å². The fourth-order valence-electron chi connectivity index (χ4n) is 3.33. The largest absolute Gasteiger partial charge is 0.493 e. The van der Waals surface area contributed by atoms with Crippen molar-refractivity contribution in [2.45, 2.75) is 0 Å². The van der Waals surface area contributed by atoms with E-state index < -0.39 is 23.5 Å². The molecule has 1 aromatic heterocycles. The maximum Gasteiger partial charge on any atom is 0.326 e. The van der Waals surface area contributed by atoms with Crippen LogP contribution < -0.4 is 24.4 Å². The fraction of sp³-hybridized carbons (Fsp3) is 0.120. The van der Waals surface area contributed by atoms with Gasteiger partial charge in [0.1, 0.15) is 17.3 Å². The van der Waals surface area contributed by atoms with E-state index in [1.165, 1.54) is 39.5 Å². The van der Waals surface area contributed by atoms with Crippen LogP contribution in [0.5, 0.6) is 23.0 Å². The maximum absolute atomic E-state index is 14.8. The Morgan fingerprint density at radius 2 is 1.60 bits per heavy atom. The van der Waals surface area contributed by atoms with Gasteiger partial charge in [0, 0.05) is 42.5 Å². The summed E-state index contributed by atoms with van der Waals surface area (Å²) in [7, 11) is 4.37. The SMILES string of the molecule is COc1cc2nccc(Oc3ccc(NC(=O)N(C)c4ccc(F)c(F)c4)c(F)c3)c2cc1OC. The van der Waals surface area contributed by atoms with E-state index in [0.717, 1.165) is 23.1 Å². The number of halogens is 3. The zero-order valence-corrected chi connectivity index (χ0v) is 18.9. The summed E-state index contributed by atoms with van der Waals surface area (Å²) < 4.78 is 57.9. The van der Waals surface area contributed by atoms with Gasteiger partial charge in [0.15, 0.2) is 23.1 Å². The van der Waals surface area contributed by atoms with Gasteiger partial charge in [0.2, 0.25) is 0 Å². The quantitative estimate of drug-likeness (QED) is 0.357. The standard InChI is InChI=1S/C25H20F3N3O4/c1-31(14-4-6-17(26)18(27)10-14)25(32)30-20-7-5-15(11-19(20)28)35-22-8-9-29-21-13-24(34-3)23(33-2)12-16(21)22/h4-13H,1-3H3,(H,30,32). The first-order valence-corrected chi connectivity index (χ1v) is 10.3. The van der Waals surface area contributed by atoms with Crippen LogP contribution in [0, 0.1) is 17.5 Å². The number of anilines is 2. The second kappa shape index (κ2) is 9.80. The van der Waals surface area contributed by atoms with Crippen LogP contribution in [0.2, 0.25) is 0 Å². The van der Waals surface area contributed by atoms with E-state index >= 15 is 0 Å². The molecule has 0 unspecified atom stereocenters. The van der Waals surface area contributed by atoms with Crippen LogP contribution in [0.1, 0.15) is 0 Å². The van der Waals surface area contributed by atoms with E-state index in [1.54, 1.807) is 24.4 Å². The number of urea groups is 1. The Labute approximate surface area is 198 Å². The van der Waals surface area contributed by atoms with Crippen LogP contribution >= 0.6 is 0 Å². The molecule has 2 amide bonds. The molecule has 0 aliphatic carbocycles. The molecule has 0 saturated carbocycles. The second-order valence-electron chi connectivity index (χ2n) is 7.36. The number of ether oxygens (including phenoxy) is 3. The lowest BCUT2D eigenvalue weighted by molar-refractivity contribution is 0.258. The summed E-state index contributed by atoms with van der Waals surface area (Å²) in [4.78, 5) is 17.8. The Balaban J connectivity index is 1.54. The third kappa shape index (κ3) is 4.91. The van der Waals surface area contributed by atoms with Gasteiger partial charge in [0.25, 0.3) is 0 Å². The van der Waals surface area contributed by atoms with E-state index in [0.29, 0.717) is 28.2 Å². The average Bonchev–Trinajstić information content (AvgIpc) is 2.86. The molecule has 35 heavy (non-hydrogen) atoms. The highest BCUT2D eigenvalue weighted by molar-refractivity contribution is 6.01. The Hall–Kier alpha value is -4.47. The molecule has 1 N–H and O–H groups in total.